The molecule has 0 aliphatic rings. The van der Waals surface area contributed by atoms with Gasteiger partial charge in [-0.3, -0.25) is 0 Å². The molecule has 0 saturated heterocycles. The molecule has 0 aliphatic carbocycles. The Kier molecular flexibility index (Phi) is 5.90. The molecule has 0 amide bonds. The maximum Gasteiger partial charge on any atom is 0.119 e. The van der Waals surface area contributed by atoms with Gasteiger partial charge in [-0.2, -0.15) is 0 Å². The van der Waals surface area contributed by atoms with Crippen molar-refractivity contribution in [3.8, 4) is 5.75 Å². The van der Waals surface area contributed by atoms with Crippen LogP contribution >= 0.6 is 0 Å². The maximum atomic E-state index is 5.66. The molecular weight excluding hydrogens is 200 g/mol. The van der Waals surface area contributed by atoms with Crippen molar-refractivity contribution in [2.45, 2.75) is 26.3 Å². The number of rotatable bonds is 7. The molecule has 0 heterocycles. The summed E-state index contributed by atoms with van der Waals surface area (Å²) in [4.78, 5) is 0. The molecule has 1 aromatic carbocycles. The lowest BCUT2D eigenvalue weighted by atomic mass is 10.2. The van der Waals surface area contributed by atoms with E-state index in [9.17, 15) is 0 Å². The van der Waals surface area contributed by atoms with Gasteiger partial charge in [-0.15, -0.1) is 0 Å². The maximum absolute atomic E-state index is 5.66. The number of ether oxygens (including phenoxy) is 1. The lowest BCUT2D eigenvalue weighted by Crippen LogP contribution is -2.33. The van der Waals surface area contributed by atoms with Crippen LogP contribution < -0.4 is 15.8 Å². The Hall–Kier alpha value is -1.06. The Balaban J connectivity index is 2.20. The van der Waals surface area contributed by atoms with Crippen LogP contribution in [0.4, 0.5) is 0 Å². The highest BCUT2D eigenvalue weighted by Gasteiger charge is 2.01. The van der Waals surface area contributed by atoms with E-state index in [1.54, 1.807) is 0 Å². The Morgan fingerprint density at radius 3 is 2.62 bits per heavy atom. The second-order valence-corrected chi connectivity index (χ2v) is 4.12. The van der Waals surface area contributed by atoms with Crippen LogP contribution in [-0.4, -0.2) is 25.7 Å². The molecule has 0 bridgehead atoms. The second-order valence-electron chi connectivity index (χ2n) is 4.12. The molecule has 1 unspecified atom stereocenters. The summed E-state index contributed by atoms with van der Waals surface area (Å²) in [5.74, 6) is 0.929. The molecule has 0 aliphatic heterocycles. The van der Waals surface area contributed by atoms with Crippen molar-refractivity contribution in [3.05, 3.63) is 29.8 Å². The first-order valence-corrected chi connectivity index (χ1v) is 5.85. The average molecular weight is 222 g/mol. The molecule has 16 heavy (non-hydrogen) atoms. The van der Waals surface area contributed by atoms with Gasteiger partial charge in [0.05, 0.1) is 0 Å². The Morgan fingerprint density at radius 2 is 2.00 bits per heavy atom. The first-order chi connectivity index (χ1) is 7.72. The predicted molar refractivity (Wildman–Crippen MR) is 67.8 cm³/mol. The van der Waals surface area contributed by atoms with E-state index in [1.165, 1.54) is 5.56 Å². The van der Waals surface area contributed by atoms with Crippen LogP contribution in [0.25, 0.3) is 0 Å². The number of nitrogens with two attached hydrogens (primary N) is 1. The van der Waals surface area contributed by atoms with Crippen molar-refractivity contribution in [3.63, 3.8) is 0 Å². The first-order valence-electron chi connectivity index (χ1n) is 5.85. The summed E-state index contributed by atoms with van der Waals surface area (Å²) in [5, 5.41) is 3.36. The summed E-state index contributed by atoms with van der Waals surface area (Å²) in [6, 6.07) is 8.47. The van der Waals surface area contributed by atoms with Crippen LogP contribution in [0.3, 0.4) is 0 Å². The van der Waals surface area contributed by atoms with Crippen molar-refractivity contribution >= 4 is 0 Å². The average Bonchev–Trinajstić information content (AvgIpc) is 2.29. The molecule has 0 radical (unpaired) electrons. The Morgan fingerprint density at radius 1 is 1.31 bits per heavy atom. The molecular formula is C13H22N2O. The lowest BCUT2D eigenvalue weighted by Gasteiger charge is -2.14. The van der Waals surface area contributed by atoms with Crippen molar-refractivity contribution in [2.24, 2.45) is 5.73 Å². The summed E-state index contributed by atoms with van der Waals surface area (Å²) in [5.41, 5.74) is 6.67. The van der Waals surface area contributed by atoms with Crippen molar-refractivity contribution in [1.29, 1.82) is 0 Å². The van der Waals surface area contributed by atoms with Gasteiger partial charge >= 0.3 is 0 Å². The van der Waals surface area contributed by atoms with Gasteiger partial charge in [0.25, 0.3) is 0 Å². The third-order valence-electron chi connectivity index (χ3n) is 2.39. The molecule has 3 N–H and O–H groups in total. The number of hydrogen-bond acceptors (Lipinski definition) is 3. The quantitative estimate of drug-likeness (QED) is 0.690. The summed E-state index contributed by atoms with van der Waals surface area (Å²) in [7, 11) is 0. The molecule has 3 heteroatoms. The fourth-order valence-electron chi connectivity index (χ4n) is 1.37. The van der Waals surface area contributed by atoms with Gasteiger partial charge in [0.2, 0.25) is 0 Å². The van der Waals surface area contributed by atoms with Gasteiger partial charge in [0.15, 0.2) is 0 Å². The SMILES string of the molecule is Cc1ccc(OCC(C)NCCCN)cc1. The smallest absolute Gasteiger partial charge is 0.119 e. The van der Waals surface area contributed by atoms with Crippen LogP contribution in [0.2, 0.25) is 0 Å². The first kappa shape index (κ1) is 13.0. The van der Waals surface area contributed by atoms with E-state index in [1.807, 2.05) is 12.1 Å². The van der Waals surface area contributed by atoms with Crippen molar-refractivity contribution < 1.29 is 4.74 Å². The van der Waals surface area contributed by atoms with E-state index in [-0.39, 0.29) is 0 Å². The zero-order valence-corrected chi connectivity index (χ0v) is 10.2. The van der Waals surface area contributed by atoms with E-state index in [0.29, 0.717) is 12.6 Å². The van der Waals surface area contributed by atoms with Gasteiger partial charge < -0.3 is 15.8 Å². The largest absolute Gasteiger partial charge is 0.492 e. The minimum atomic E-state index is 0.354. The Bertz CT molecular complexity index is 284. The van der Waals surface area contributed by atoms with Crippen LogP contribution in [0.1, 0.15) is 18.9 Å². The minimum absolute atomic E-state index is 0.354. The Labute approximate surface area is 98.0 Å². The summed E-state index contributed by atoms with van der Waals surface area (Å²) < 4.78 is 5.66. The topological polar surface area (TPSA) is 47.3 Å². The summed E-state index contributed by atoms with van der Waals surface area (Å²) in [6.45, 7) is 6.56. The molecule has 1 atom stereocenters. The van der Waals surface area contributed by atoms with Gasteiger partial charge in [-0.1, -0.05) is 17.7 Å². The predicted octanol–water partition coefficient (Wildman–Crippen LogP) is 1.70. The number of nitrogens with one attached hydrogen (secondary N) is 1. The van der Waals surface area contributed by atoms with Gasteiger partial charge in [-0.25, -0.2) is 0 Å². The molecule has 0 fully saturated rings. The highest BCUT2D eigenvalue weighted by Crippen LogP contribution is 2.11. The van der Waals surface area contributed by atoms with Crippen molar-refractivity contribution in [1.82, 2.24) is 5.32 Å². The van der Waals surface area contributed by atoms with E-state index >= 15 is 0 Å². The molecule has 0 aromatic heterocycles. The van der Waals surface area contributed by atoms with E-state index in [2.05, 4.69) is 31.3 Å². The zero-order valence-electron chi connectivity index (χ0n) is 10.2. The zero-order chi connectivity index (χ0) is 11.8. The fourth-order valence-corrected chi connectivity index (χ4v) is 1.37. The molecule has 90 valence electrons. The van der Waals surface area contributed by atoms with E-state index in [4.69, 9.17) is 10.5 Å². The number of hydrogen-bond donors (Lipinski definition) is 2. The van der Waals surface area contributed by atoms with Crippen LogP contribution in [0.5, 0.6) is 5.75 Å². The van der Waals surface area contributed by atoms with Crippen LogP contribution in [0.15, 0.2) is 24.3 Å². The van der Waals surface area contributed by atoms with E-state index in [0.717, 1.165) is 25.3 Å². The van der Waals surface area contributed by atoms with Gasteiger partial charge in [0.1, 0.15) is 12.4 Å². The molecule has 3 nitrogen and oxygen atoms in total. The van der Waals surface area contributed by atoms with Crippen LogP contribution in [0, 0.1) is 6.92 Å². The molecule has 1 aromatic rings. The molecule has 1 rings (SSSR count). The highest BCUT2D eigenvalue weighted by atomic mass is 16.5. The minimum Gasteiger partial charge on any atom is -0.492 e. The fraction of sp³-hybridized carbons (Fsp3) is 0.538. The number of benzene rings is 1. The normalized spacial score (nSPS) is 12.4. The molecule has 0 saturated carbocycles. The van der Waals surface area contributed by atoms with E-state index < -0.39 is 0 Å². The summed E-state index contributed by atoms with van der Waals surface area (Å²) >= 11 is 0. The number of aryl methyl sites for hydroxylation is 1. The standard InChI is InChI=1S/C13H22N2O/c1-11-4-6-13(7-5-11)16-10-12(2)15-9-3-8-14/h4-7,12,15H,3,8-10,14H2,1-2H3. The van der Waals surface area contributed by atoms with Gasteiger partial charge in [-0.05, 0) is 45.5 Å². The monoisotopic (exact) mass is 222 g/mol. The summed E-state index contributed by atoms with van der Waals surface area (Å²) in [6.07, 6.45) is 1.01. The van der Waals surface area contributed by atoms with Gasteiger partial charge in [0, 0.05) is 6.04 Å². The highest BCUT2D eigenvalue weighted by molar-refractivity contribution is 5.26. The van der Waals surface area contributed by atoms with Crippen LogP contribution in [-0.2, 0) is 0 Å². The second kappa shape index (κ2) is 7.25. The third kappa shape index (κ3) is 5.14. The molecule has 0 spiro atoms. The van der Waals surface area contributed by atoms with Crippen molar-refractivity contribution in [2.75, 3.05) is 19.7 Å². The third-order valence-corrected chi connectivity index (χ3v) is 2.39. The lowest BCUT2D eigenvalue weighted by molar-refractivity contribution is 0.273.